The third kappa shape index (κ3) is 3.71. The standard InChI is InChI=1S/C10H10O2Si/c1-2-10(11)12-13-8-9-6-4-3-5-7-9/h2-7H,1,8H2. The summed E-state index contributed by atoms with van der Waals surface area (Å²) in [4.78, 5) is 10.7. The highest BCUT2D eigenvalue weighted by atomic mass is 28.2. The summed E-state index contributed by atoms with van der Waals surface area (Å²) in [5.41, 5.74) is 1.18. The Bertz CT molecular complexity index is 282. The number of carbonyl (C=O) groups is 1. The fraction of sp³-hybridized carbons (Fsp3) is 0.100. The Labute approximate surface area is 80.2 Å². The van der Waals surface area contributed by atoms with Crippen LogP contribution in [0.3, 0.4) is 0 Å². The average molecular weight is 190 g/mol. The second-order valence-corrected chi connectivity index (χ2v) is 3.28. The molecule has 1 aromatic rings. The summed E-state index contributed by atoms with van der Waals surface area (Å²) in [6.07, 6.45) is 1.18. The normalized spacial score (nSPS) is 9.23. The molecular weight excluding hydrogens is 180 g/mol. The van der Waals surface area contributed by atoms with Crippen LogP contribution in [0.2, 0.25) is 0 Å². The van der Waals surface area contributed by atoms with Crippen molar-refractivity contribution in [2.24, 2.45) is 0 Å². The van der Waals surface area contributed by atoms with Crippen molar-refractivity contribution in [3.63, 3.8) is 0 Å². The summed E-state index contributed by atoms with van der Waals surface area (Å²) in [5.74, 6) is -0.353. The van der Waals surface area contributed by atoms with Crippen molar-refractivity contribution in [3.05, 3.63) is 48.6 Å². The maximum Gasteiger partial charge on any atom is 0.320 e. The van der Waals surface area contributed by atoms with Crippen molar-refractivity contribution < 1.29 is 9.22 Å². The van der Waals surface area contributed by atoms with E-state index < -0.39 is 0 Å². The monoisotopic (exact) mass is 190 g/mol. The van der Waals surface area contributed by atoms with Gasteiger partial charge in [0.2, 0.25) is 0 Å². The molecule has 0 aliphatic carbocycles. The van der Waals surface area contributed by atoms with E-state index >= 15 is 0 Å². The van der Waals surface area contributed by atoms with E-state index in [1.807, 2.05) is 30.3 Å². The Morgan fingerprint density at radius 3 is 2.77 bits per heavy atom. The first-order valence-electron chi connectivity index (χ1n) is 3.93. The molecule has 1 aromatic carbocycles. The number of hydrogen-bond donors (Lipinski definition) is 0. The Kier molecular flexibility index (Phi) is 3.98. The first-order chi connectivity index (χ1) is 6.33. The zero-order valence-corrected chi connectivity index (χ0v) is 8.19. The topological polar surface area (TPSA) is 26.3 Å². The van der Waals surface area contributed by atoms with Crippen molar-refractivity contribution in [2.45, 2.75) is 6.04 Å². The molecule has 13 heavy (non-hydrogen) atoms. The molecule has 0 amide bonds. The zero-order chi connectivity index (χ0) is 9.52. The van der Waals surface area contributed by atoms with Crippen LogP contribution in [0.15, 0.2) is 43.0 Å². The van der Waals surface area contributed by atoms with Crippen LogP contribution in [0, 0.1) is 0 Å². The molecule has 2 nitrogen and oxygen atoms in total. The molecule has 0 spiro atoms. The molecule has 1 rings (SSSR count). The van der Waals surface area contributed by atoms with E-state index in [-0.39, 0.29) is 15.7 Å². The lowest BCUT2D eigenvalue weighted by atomic mass is 10.2. The largest absolute Gasteiger partial charge is 0.513 e. The molecule has 0 saturated carbocycles. The maximum absolute atomic E-state index is 10.7. The van der Waals surface area contributed by atoms with Gasteiger partial charge in [0.05, 0.1) is 0 Å². The highest BCUT2D eigenvalue weighted by Crippen LogP contribution is 1.98. The van der Waals surface area contributed by atoms with Gasteiger partial charge in [-0.2, -0.15) is 0 Å². The predicted molar refractivity (Wildman–Crippen MR) is 52.2 cm³/mol. The number of benzene rings is 1. The van der Waals surface area contributed by atoms with Gasteiger partial charge in [0.15, 0.2) is 0 Å². The molecule has 0 fully saturated rings. The van der Waals surface area contributed by atoms with Gasteiger partial charge < -0.3 is 4.43 Å². The smallest absolute Gasteiger partial charge is 0.320 e. The molecular formula is C10H10O2Si. The maximum atomic E-state index is 10.7. The van der Waals surface area contributed by atoms with Crippen LogP contribution in [-0.2, 0) is 15.3 Å². The van der Waals surface area contributed by atoms with Gasteiger partial charge in [0.25, 0.3) is 0 Å². The summed E-state index contributed by atoms with van der Waals surface area (Å²) in [6, 6.07) is 10.7. The van der Waals surface area contributed by atoms with Crippen molar-refractivity contribution in [2.75, 3.05) is 0 Å². The van der Waals surface area contributed by atoms with E-state index in [1.165, 1.54) is 11.6 Å². The number of rotatable bonds is 4. The first kappa shape index (κ1) is 9.73. The van der Waals surface area contributed by atoms with Crippen molar-refractivity contribution >= 4 is 15.7 Å². The van der Waals surface area contributed by atoms with Gasteiger partial charge in [-0.1, -0.05) is 36.9 Å². The van der Waals surface area contributed by atoms with Gasteiger partial charge in [0.1, 0.15) is 0 Å². The van der Waals surface area contributed by atoms with Gasteiger partial charge in [0, 0.05) is 12.1 Å². The lowest BCUT2D eigenvalue weighted by Gasteiger charge is -1.99. The third-order valence-corrected chi connectivity index (χ3v) is 2.36. The summed E-state index contributed by atoms with van der Waals surface area (Å²) >= 11 is 0. The van der Waals surface area contributed by atoms with Crippen molar-refractivity contribution in [1.82, 2.24) is 0 Å². The molecule has 0 N–H and O–H groups in total. The zero-order valence-electron chi connectivity index (χ0n) is 7.19. The van der Waals surface area contributed by atoms with Crippen LogP contribution < -0.4 is 0 Å². The first-order valence-corrected chi connectivity index (χ1v) is 5.04. The van der Waals surface area contributed by atoms with Crippen LogP contribution >= 0.6 is 0 Å². The van der Waals surface area contributed by atoms with E-state index in [0.717, 1.165) is 6.04 Å². The number of carbonyl (C=O) groups excluding carboxylic acids is 1. The van der Waals surface area contributed by atoms with Gasteiger partial charge in [-0.25, -0.2) is 4.79 Å². The average Bonchev–Trinajstić information content (AvgIpc) is 2.19. The van der Waals surface area contributed by atoms with Gasteiger partial charge in [-0.05, 0) is 5.56 Å². The molecule has 3 heteroatoms. The lowest BCUT2D eigenvalue weighted by Crippen LogP contribution is -2.08. The second-order valence-electron chi connectivity index (χ2n) is 2.43. The van der Waals surface area contributed by atoms with E-state index in [0.29, 0.717) is 0 Å². The molecule has 0 aliphatic rings. The fourth-order valence-electron chi connectivity index (χ4n) is 0.828. The molecule has 0 aliphatic heterocycles. The van der Waals surface area contributed by atoms with E-state index in [1.54, 1.807) is 0 Å². The Morgan fingerprint density at radius 1 is 1.46 bits per heavy atom. The van der Waals surface area contributed by atoms with E-state index in [4.69, 9.17) is 4.43 Å². The van der Waals surface area contributed by atoms with Crippen LogP contribution in [0.4, 0.5) is 0 Å². The highest BCUT2D eigenvalue weighted by molar-refractivity contribution is 6.30. The summed E-state index contributed by atoms with van der Waals surface area (Å²) in [5, 5.41) is 0. The summed E-state index contributed by atoms with van der Waals surface area (Å²) < 4.78 is 4.87. The molecule has 0 heterocycles. The van der Waals surface area contributed by atoms with Crippen LogP contribution in [0.5, 0.6) is 0 Å². The minimum Gasteiger partial charge on any atom is -0.513 e. The van der Waals surface area contributed by atoms with Gasteiger partial charge in [-0.15, -0.1) is 0 Å². The second kappa shape index (κ2) is 5.32. The Morgan fingerprint density at radius 2 is 2.15 bits per heavy atom. The van der Waals surface area contributed by atoms with E-state index in [2.05, 4.69) is 6.58 Å². The van der Waals surface area contributed by atoms with Crippen molar-refractivity contribution in [1.29, 1.82) is 0 Å². The third-order valence-electron chi connectivity index (χ3n) is 1.46. The van der Waals surface area contributed by atoms with Crippen molar-refractivity contribution in [3.8, 4) is 0 Å². The lowest BCUT2D eigenvalue weighted by molar-refractivity contribution is -0.128. The Balaban J connectivity index is 2.28. The van der Waals surface area contributed by atoms with Crippen LogP contribution in [-0.4, -0.2) is 15.7 Å². The quantitative estimate of drug-likeness (QED) is 0.531. The predicted octanol–water partition coefficient (Wildman–Crippen LogP) is 1.53. The Hall–Kier alpha value is -1.35. The minimum atomic E-state index is -0.353. The summed E-state index contributed by atoms with van der Waals surface area (Å²) in [6.45, 7) is 3.32. The summed E-state index contributed by atoms with van der Waals surface area (Å²) in [7, 11) is 0.176. The van der Waals surface area contributed by atoms with Crippen LogP contribution in [0.25, 0.3) is 0 Å². The SMILES string of the molecule is C=CC(=O)O[Si]Cc1ccccc1. The van der Waals surface area contributed by atoms with Crippen LogP contribution in [0.1, 0.15) is 5.56 Å². The molecule has 66 valence electrons. The van der Waals surface area contributed by atoms with Gasteiger partial charge in [-0.3, -0.25) is 0 Å². The molecule has 0 saturated heterocycles. The molecule has 0 aromatic heterocycles. The highest BCUT2D eigenvalue weighted by Gasteiger charge is 1.98. The molecule has 0 unspecified atom stereocenters. The molecule has 2 radical (unpaired) electrons. The van der Waals surface area contributed by atoms with Gasteiger partial charge >= 0.3 is 15.7 Å². The van der Waals surface area contributed by atoms with E-state index in [9.17, 15) is 4.79 Å². The molecule has 0 bridgehead atoms. The fourth-order valence-corrected chi connectivity index (χ4v) is 1.53. The number of hydrogen-bond acceptors (Lipinski definition) is 2. The minimum absolute atomic E-state index is 0.176. The molecule has 0 atom stereocenters.